The van der Waals surface area contributed by atoms with Gasteiger partial charge in [0.15, 0.2) is 9.79 Å². The lowest BCUT2D eigenvalue weighted by Gasteiger charge is -2.23. The molecule has 2 aromatic rings. The zero-order valence-electron chi connectivity index (χ0n) is 11.3. The lowest BCUT2D eigenvalue weighted by atomic mass is 10.0. The fraction of sp³-hybridized carbons (Fsp3) is 0.188. The lowest BCUT2D eigenvalue weighted by Crippen LogP contribution is -2.16. The predicted octanol–water partition coefficient (Wildman–Crippen LogP) is 2.99. The SMILES string of the molecule is CC(=O)Oc1cc(C)c2c(c1)Cc1ccccc1[S+]2[O-]. The Labute approximate surface area is 120 Å². The van der Waals surface area contributed by atoms with Crippen LogP contribution in [0.2, 0.25) is 0 Å². The van der Waals surface area contributed by atoms with Gasteiger partial charge in [-0.1, -0.05) is 18.2 Å². The highest BCUT2D eigenvalue weighted by Crippen LogP contribution is 2.38. The van der Waals surface area contributed by atoms with E-state index in [2.05, 4.69) is 0 Å². The molecule has 0 aliphatic carbocycles. The Morgan fingerprint density at radius 1 is 1.25 bits per heavy atom. The molecule has 0 spiro atoms. The molecule has 0 radical (unpaired) electrons. The first-order valence-electron chi connectivity index (χ1n) is 6.38. The molecule has 3 rings (SSSR count). The number of fused-ring (bicyclic) bond motifs is 2. The molecule has 0 saturated carbocycles. The molecule has 102 valence electrons. The summed E-state index contributed by atoms with van der Waals surface area (Å²) < 4.78 is 17.8. The van der Waals surface area contributed by atoms with Gasteiger partial charge in [0, 0.05) is 41.2 Å². The van der Waals surface area contributed by atoms with Gasteiger partial charge in [-0.25, -0.2) is 0 Å². The Bertz CT molecular complexity index is 694. The fourth-order valence-electron chi connectivity index (χ4n) is 2.58. The van der Waals surface area contributed by atoms with Crippen LogP contribution in [0, 0.1) is 6.92 Å². The van der Waals surface area contributed by atoms with Gasteiger partial charge in [0.2, 0.25) is 0 Å². The van der Waals surface area contributed by atoms with Crippen LogP contribution in [-0.2, 0) is 22.4 Å². The van der Waals surface area contributed by atoms with Crippen molar-refractivity contribution in [2.75, 3.05) is 0 Å². The molecule has 0 amide bonds. The van der Waals surface area contributed by atoms with E-state index in [1.807, 2.05) is 37.3 Å². The summed E-state index contributed by atoms with van der Waals surface area (Å²) in [7, 11) is 0. The maximum absolute atomic E-state index is 12.7. The van der Waals surface area contributed by atoms with Crippen LogP contribution in [0.4, 0.5) is 0 Å². The van der Waals surface area contributed by atoms with Crippen LogP contribution in [0.15, 0.2) is 46.2 Å². The number of ether oxygens (including phenoxy) is 1. The maximum Gasteiger partial charge on any atom is 0.308 e. The normalized spacial score (nSPS) is 16.2. The maximum atomic E-state index is 12.7. The van der Waals surface area contributed by atoms with Crippen molar-refractivity contribution in [2.45, 2.75) is 30.1 Å². The Kier molecular flexibility index (Phi) is 3.28. The number of esters is 1. The van der Waals surface area contributed by atoms with E-state index in [4.69, 9.17) is 4.74 Å². The summed E-state index contributed by atoms with van der Waals surface area (Å²) in [5.41, 5.74) is 2.93. The van der Waals surface area contributed by atoms with Crippen LogP contribution in [0.3, 0.4) is 0 Å². The van der Waals surface area contributed by atoms with Crippen molar-refractivity contribution in [3.63, 3.8) is 0 Å². The van der Waals surface area contributed by atoms with Crippen molar-refractivity contribution in [1.82, 2.24) is 0 Å². The molecule has 1 aliphatic rings. The van der Waals surface area contributed by atoms with Crippen molar-refractivity contribution in [3.8, 4) is 5.75 Å². The molecule has 20 heavy (non-hydrogen) atoms. The first-order chi connectivity index (χ1) is 9.56. The summed E-state index contributed by atoms with van der Waals surface area (Å²) in [6.45, 7) is 3.28. The number of hydrogen-bond acceptors (Lipinski definition) is 3. The van der Waals surface area contributed by atoms with Crippen LogP contribution in [0.25, 0.3) is 0 Å². The molecular formula is C16H14O3S. The molecule has 3 nitrogen and oxygen atoms in total. The smallest absolute Gasteiger partial charge is 0.308 e. The summed E-state index contributed by atoms with van der Waals surface area (Å²) in [5, 5.41) is 0. The van der Waals surface area contributed by atoms with Gasteiger partial charge in [-0.15, -0.1) is 0 Å². The molecule has 2 aromatic carbocycles. The van der Waals surface area contributed by atoms with E-state index >= 15 is 0 Å². The van der Waals surface area contributed by atoms with Crippen molar-refractivity contribution in [2.24, 2.45) is 0 Å². The molecule has 0 N–H and O–H groups in total. The minimum absolute atomic E-state index is 0.346. The summed E-state index contributed by atoms with van der Waals surface area (Å²) in [4.78, 5) is 12.8. The summed E-state index contributed by atoms with van der Waals surface area (Å²) in [6.07, 6.45) is 0.715. The van der Waals surface area contributed by atoms with Gasteiger partial charge in [-0.3, -0.25) is 4.79 Å². The van der Waals surface area contributed by atoms with Crippen molar-refractivity contribution < 1.29 is 14.1 Å². The Hall–Kier alpha value is -1.78. The van der Waals surface area contributed by atoms with E-state index in [0.717, 1.165) is 26.5 Å². The van der Waals surface area contributed by atoms with E-state index in [0.29, 0.717) is 12.2 Å². The van der Waals surface area contributed by atoms with Gasteiger partial charge in [0.1, 0.15) is 5.75 Å². The number of rotatable bonds is 1. The first-order valence-corrected chi connectivity index (χ1v) is 7.53. The fourth-order valence-corrected chi connectivity index (χ4v) is 4.10. The molecule has 1 aliphatic heterocycles. The van der Waals surface area contributed by atoms with E-state index in [1.165, 1.54) is 6.92 Å². The Morgan fingerprint density at radius 3 is 2.75 bits per heavy atom. The van der Waals surface area contributed by atoms with Gasteiger partial charge < -0.3 is 9.29 Å². The highest BCUT2D eigenvalue weighted by molar-refractivity contribution is 7.91. The van der Waals surface area contributed by atoms with E-state index in [-0.39, 0.29) is 5.97 Å². The lowest BCUT2D eigenvalue weighted by molar-refractivity contribution is -0.131. The predicted molar refractivity (Wildman–Crippen MR) is 76.4 cm³/mol. The Balaban J connectivity index is 2.10. The van der Waals surface area contributed by atoms with Gasteiger partial charge in [0.05, 0.1) is 0 Å². The number of aryl methyl sites for hydroxylation is 1. The van der Waals surface area contributed by atoms with Crippen molar-refractivity contribution in [3.05, 3.63) is 53.1 Å². The number of benzene rings is 2. The van der Waals surface area contributed by atoms with Crippen LogP contribution in [-0.4, -0.2) is 10.5 Å². The van der Waals surface area contributed by atoms with Crippen LogP contribution < -0.4 is 4.74 Å². The van der Waals surface area contributed by atoms with Gasteiger partial charge >= 0.3 is 5.97 Å². The highest BCUT2D eigenvalue weighted by Gasteiger charge is 2.30. The zero-order chi connectivity index (χ0) is 14.3. The summed E-state index contributed by atoms with van der Waals surface area (Å²) >= 11 is -1.16. The second-order valence-electron chi connectivity index (χ2n) is 4.88. The van der Waals surface area contributed by atoms with Gasteiger partial charge in [0.25, 0.3) is 0 Å². The van der Waals surface area contributed by atoms with Gasteiger partial charge in [-0.05, 0) is 25.1 Å². The molecule has 0 saturated heterocycles. The largest absolute Gasteiger partial charge is 0.606 e. The topological polar surface area (TPSA) is 49.4 Å². The second kappa shape index (κ2) is 4.96. The van der Waals surface area contributed by atoms with Crippen LogP contribution in [0.5, 0.6) is 5.75 Å². The third-order valence-corrected chi connectivity index (χ3v) is 5.08. The minimum atomic E-state index is -1.16. The minimum Gasteiger partial charge on any atom is -0.606 e. The van der Waals surface area contributed by atoms with Crippen molar-refractivity contribution >= 4 is 17.1 Å². The third kappa shape index (κ3) is 2.21. The molecule has 4 heteroatoms. The number of carbonyl (C=O) groups is 1. The Morgan fingerprint density at radius 2 is 2.00 bits per heavy atom. The molecule has 0 aromatic heterocycles. The molecule has 0 bridgehead atoms. The van der Waals surface area contributed by atoms with E-state index in [9.17, 15) is 9.35 Å². The quantitative estimate of drug-likeness (QED) is 0.460. The summed E-state index contributed by atoms with van der Waals surface area (Å²) in [6, 6.07) is 11.3. The van der Waals surface area contributed by atoms with E-state index < -0.39 is 11.2 Å². The van der Waals surface area contributed by atoms with Crippen molar-refractivity contribution in [1.29, 1.82) is 0 Å². The molecule has 0 fully saturated rings. The molecular weight excluding hydrogens is 272 g/mol. The van der Waals surface area contributed by atoms with Crippen LogP contribution >= 0.6 is 0 Å². The number of carbonyl (C=O) groups excluding carboxylic acids is 1. The summed E-state index contributed by atoms with van der Waals surface area (Å²) in [5.74, 6) is 0.173. The van der Waals surface area contributed by atoms with E-state index in [1.54, 1.807) is 6.07 Å². The van der Waals surface area contributed by atoms with Gasteiger partial charge in [-0.2, -0.15) is 0 Å². The van der Waals surface area contributed by atoms with Crippen LogP contribution in [0.1, 0.15) is 23.6 Å². The monoisotopic (exact) mass is 286 g/mol. The average molecular weight is 286 g/mol. The number of hydrogen-bond donors (Lipinski definition) is 0. The second-order valence-corrected chi connectivity index (χ2v) is 6.26. The molecule has 1 unspecified atom stereocenters. The third-order valence-electron chi connectivity index (χ3n) is 3.33. The highest BCUT2D eigenvalue weighted by atomic mass is 32.2. The first kappa shape index (κ1) is 13.2. The molecule has 1 atom stereocenters. The zero-order valence-corrected chi connectivity index (χ0v) is 12.1. The average Bonchev–Trinajstić information content (AvgIpc) is 2.37. The molecule has 1 heterocycles. The standard InChI is InChI=1S/C16H14O3S/c1-10-7-14(19-11(2)17)9-13-8-12-5-3-4-6-15(12)20(18)16(10)13/h3-7,9H,8H2,1-2H3.